The Balaban J connectivity index is 1.21. The number of aliphatic hydroxyl groups is 1. The van der Waals surface area contributed by atoms with Crippen molar-refractivity contribution in [3.8, 4) is 11.1 Å². The smallest absolute Gasteiger partial charge is 0.303 e. The summed E-state index contributed by atoms with van der Waals surface area (Å²) in [6, 6.07) is 24.3. The Morgan fingerprint density at radius 1 is 0.889 bits per heavy atom. The number of rotatable bonds is 11. The van der Waals surface area contributed by atoms with E-state index in [9.17, 15) is 19.5 Å². The van der Waals surface area contributed by atoms with Crippen LogP contribution in [-0.2, 0) is 41.7 Å². The standard InChI is InChI=1S/C44H57N3O7/c1-28(52-29(2)49)41(50)45-25-31-9-8-11-36(23-31)32-17-19-35(20-18-32)43-53-37(24-40(54-43)34-15-13-30(27-48)14-16-34)26-47-38-12-7-6-10-33(38)21-22-39(47)42(51)46-44(3,4)5/h8-9,11,13-20,23,28,33,37-40,43,48H,6-7,10,12,21-22,24-27H2,1-5H3,(H,45,50)(H,46,51)/t28-,33+,37-,38+,39+,40+,43+/m0/s1. The van der Waals surface area contributed by atoms with E-state index in [4.69, 9.17) is 14.2 Å². The van der Waals surface area contributed by atoms with Crippen molar-refractivity contribution >= 4 is 17.8 Å². The van der Waals surface area contributed by atoms with Gasteiger partial charge in [-0.2, -0.15) is 0 Å². The first-order chi connectivity index (χ1) is 25.9. The lowest BCUT2D eigenvalue weighted by Crippen LogP contribution is -2.61. The van der Waals surface area contributed by atoms with Crippen LogP contribution >= 0.6 is 0 Å². The van der Waals surface area contributed by atoms with Gasteiger partial charge in [0.1, 0.15) is 0 Å². The first-order valence-electron chi connectivity index (χ1n) is 19.6. The monoisotopic (exact) mass is 739 g/mol. The third kappa shape index (κ3) is 10.2. The summed E-state index contributed by atoms with van der Waals surface area (Å²) in [6.07, 6.45) is 5.45. The Morgan fingerprint density at radius 2 is 1.61 bits per heavy atom. The number of likely N-dealkylation sites (tertiary alicyclic amines) is 1. The molecule has 0 aromatic heterocycles. The van der Waals surface area contributed by atoms with Crippen molar-refractivity contribution in [2.75, 3.05) is 6.54 Å². The third-order valence-corrected chi connectivity index (χ3v) is 11.0. The third-order valence-electron chi connectivity index (χ3n) is 11.0. The average molecular weight is 740 g/mol. The maximum atomic E-state index is 13.8. The summed E-state index contributed by atoms with van der Waals surface area (Å²) < 4.78 is 18.5. The minimum atomic E-state index is -0.861. The summed E-state index contributed by atoms with van der Waals surface area (Å²) in [5, 5.41) is 15.8. The number of ether oxygens (including phenoxy) is 3. The van der Waals surface area contributed by atoms with Crippen molar-refractivity contribution in [3.05, 3.63) is 95.1 Å². The van der Waals surface area contributed by atoms with Crippen molar-refractivity contribution in [2.24, 2.45) is 5.92 Å². The van der Waals surface area contributed by atoms with Gasteiger partial charge in [-0.05, 0) is 93.2 Å². The van der Waals surface area contributed by atoms with Crippen LogP contribution in [0.4, 0.5) is 0 Å². The normalized spacial score (nSPS) is 25.2. The molecule has 6 rings (SSSR count). The molecule has 2 aliphatic heterocycles. The van der Waals surface area contributed by atoms with Crippen LogP contribution in [0.25, 0.3) is 11.1 Å². The summed E-state index contributed by atoms with van der Waals surface area (Å²) in [5.41, 5.74) is 5.40. The first-order valence-corrected chi connectivity index (χ1v) is 19.6. The van der Waals surface area contributed by atoms with E-state index in [-0.39, 0.29) is 42.2 Å². The van der Waals surface area contributed by atoms with Gasteiger partial charge in [0, 0.05) is 43.6 Å². The first kappa shape index (κ1) is 39.6. The molecule has 3 N–H and O–H groups in total. The number of hydrogen-bond acceptors (Lipinski definition) is 8. The fraction of sp³-hybridized carbons (Fsp3) is 0.523. The Labute approximate surface area is 319 Å². The number of benzene rings is 3. The van der Waals surface area contributed by atoms with E-state index in [2.05, 4.69) is 27.7 Å². The van der Waals surface area contributed by atoms with Gasteiger partial charge < -0.3 is 30.0 Å². The molecule has 0 bridgehead atoms. The Morgan fingerprint density at radius 3 is 2.31 bits per heavy atom. The fourth-order valence-electron chi connectivity index (χ4n) is 8.32. The molecule has 0 radical (unpaired) electrons. The average Bonchev–Trinajstić information content (AvgIpc) is 3.16. The molecule has 7 atom stereocenters. The zero-order valence-corrected chi connectivity index (χ0v) is 32.4. The SMILES string of the molecule is CC(=O)O[C@@H](C)C(=O)NCc1cccc(-c2ccc([C@@H]3O[C@H](CN4[C@@H](C(=O)NC(C)(C)C)CC[C@H]5CCCC[C@H]54)C[C@H](c4ccc(CO)cc4)O3)cc2)c1. The number of piperidine rings is 1. The molecular formula is C44H57N3O7. The Hall–Kier alpha value is -4.09. The van der Waals surface area contributed by atoms with E-state index in [1.54, 1.807) is 6.92 Å². The maximum Gasteiger partial charge on any atom is 0.303 e. The Bertz CT molecular complexity index is 1740. The number of esters is 1. The van der Waals surface area contributed by atoms with Gasteiger partial charge >= 0.3 is 5.97 Å². The number of amides is 2. The number of fused-ring (bicyclic) bond motifs is 1. The molecule has 3 aromatic rings. The highest BCUT2D eigenvalue weighted by Crippen LogP contribution is 2.42. The molecule has 2 amide bonds. The van der Waals surface area contributed by atoms with E-state index >= 15 is 0 Å². The summed E-state index contributed by atoms with van der Waals surface area (Å²) in [6.45, 7) is 9.89. The second-order valence-corrected chi connectivity index (χ2v) is 16.3. The molecule has 1 aliphatic carbocycles. The summed E-state index contributed by atoms with van der Waals surface area (Å²) >= 11 is 0. The molecule has 3 aromatic carbocycles. The molecule has 0 spiro atoms. The molecule has 0 unspecified atom stereocenters. The zero-order chi connectivity index (χ0) is 38.4. The lowest BCUT2D eigenvalue weighted by Gasteiger charge is -2.50. The van der Waals surface area contributed by atoms with Crippen molar-refractivity contribution in [1.82, 2.24) is 15.5 Å². The maximum absolute atomic E-state index is 13.8. The topological polar surface area (TPSA) is 126 Å². The second kappa shape index (κ2) is 17.6. The van der Waals surface area contributed by atoms with E-state index in [1.807, 2.05) is 81.4 Å². The van der Waals surface area contributed by atoms with Gasteiger partial charge in [-0.3, -0.25) is 19.3 Å². The zero-order valence-electron chi connectivity index (χ0n) is 32.4. The molecule has 1 saturated carbocycles. The van der Waals surface area contributed by atoms with E-state index in [0.29, 0.717) is 31.5 Å². The number of nitrogens with one attached hydrogen (secondary N) is 2. The molecule has 2 heterocycles. The minimum Gasteiger partial charge on any atom is -0.453 e. The van der Waals surface area contributed by atoms with Crippen molar-refractivity contribution < 1.29 is 33.7 Å². The van der Waals surface area contributed by atoms with Crippen LogP contribution in [0.15, 0.2) is 72.8 Å². The van der Waals surface area contributed by atoms with Crippen molar-refractivity contribution in [1.29, 1.82) is 0 Å². The van der Waals surface area contributed by atoms with Crippen molar-refractivity contribution in [3.63, 3.8) is 0 Å². The molecule has 2 saturated heterocycles. The number of nitrogens with zero attached hydrogens (tertiary/aromatic N) is 1. The summed E-state index contributed by atoms with van der Waals surface area (Å²) in [5.74, 6) is -0.147. The summed E-state index contributed by atoms with van der Waals surface area (Å²) in [4.78, 5) is 39.9. The second-order valence-electron chi connectivity index (χ2n) is 16.3. The number of carbonyl (C=O) groups excluding carboxylic acids is 3. The van der Waals surface area contributed by atoms with E-state index in [1.165, 1.54) is 26.2 Å². The van der Waals surface area contributed by atoms with Gasteiger partial charge in [-0.25, -0.2) is 0 Å². The van der Waals surface area contributed by atoms with Gasteiger partial charge in [0.05, 0.1) is 24.9 Å². The molecule has 3 fully saturated rings. The number of hydrogen-bond donors (Lipinski definition) is 3. The predicted octanol–water partition coefficient (Wildman–Crippen LogP) is 6.90. The molecular weight excluding hydrogens is 682 g/mol. The highest BCUT2D eigenvalue weighted by Gasteiger charge is 2.44. The molecule has 54 heavy (non-hydrogen) atoms. The Kier molecular flexibility index (Phi) is 12.9. The quantitative estimate of drug-likeness (QED) is 0.182. The summed E-state index contributed by atoms with van der Waals surface area (Å²) in [7, 11) is 0. The van der Waals surface area contributed by atoms with E-state index in [0.717, 1.165) is 52.6 Å². The van der Waals surface area contributed by atoms with Crippen LogP contribution in [0.2, 0.25) is 0 Å². The molecule has 10 nitrogen and oxygen atoms in total. The van der Waals surface area contributed by atoms with Gasteiger partial charge in [-0.1, -0.05) is 79.6 Å². The molecule has 3 aliphatic rings. The lowest BCUT2D eigenvalue weighted by molar-refractivity contribution is -0.255. The van der Waals surface area contributed by atoms with Gasteiger partial charge in [-0.15, -0.1) is 0 Å². The van der Waals surface area contributed by atoms with Gasteiger partial charge in [0.15, 0.2) is 12.4 Å². The highest BCUT2D eigenvalue weighted by molar-refractivity contribution is 5.83. The van der Waals surface area contributed by atoms with Crippen LogP contribution < -0.4 is 10.6 Å². The van der Waals surface area contributed by atoms with Gasteiger partial charge in [0.25, 0.3) is 5.91 Å². The van der Waals surface area contributed by atoms with Crippen LogP contribution in [-0.4, -0.2) is 64.2 Å². The number of aliphatic hydroxyl groups excluding tert-OH is 1. The number of carbonyl (C=O) groups is 3. The molecule has 10 heteroatoms. The van der Waals surface area contributed by atoms with Crippen LogP contribution in [0, 0.1) is 5.92 Å². The predicted molar refractivity (Wildman–Crippen MR) is 207 cm³/mol. The van der Waals surface area contributed by atoms with Crippen LogP contribution in [0.3, 0.4) is 0 Å². The highest BCUT2D eigenvalue weighted by atomic mass is 16.7. The fourth-order valence-corrected chi connectivity index (χ4v) is 8.32. The van der Waals surface area contributed by atoms with Crippen LogP contribution in [0.1, 0.15) is 114 Å². The lowest BCUT2D eigenvalue weighted by atomic mass is 9.75. The minimum absolute atomic E-state index is 0.0190. The van der Waals surface area contributed by atoms with Crippen molar-refractivity contribution in [2.45, 2.75) is 135 Å². The van der Waals surface area contributed by atoms with Crippen LogP contribution in [0.5, 0.6) is 0 Å². The van der Waals surface area contributed by atoms with Gasteiger partial charge in [0.2, 0.25) is 5.91 Å². The molecule has 290 valence electrons. The largest absolute Gasteiger partial charge is 0.453 e. The van der Waals surface area contributed by atoms with E-state index < -0.39 is 18.4 Å².